The molecule has 0 unspecified atom stereocenters. The van der Waals surface area contributed by atoms with Gasteiger partial charge in [-0.1, -0.05) is 0 Å². The lowest BCUT2D eigenvalue weighted by Gasteiger charge is -2.26. The smallest absolute Gasteiger partial charge is 0.223 e. The van der Waals surface area contributed by atoms with E-state index in [9.17, 15) is 0 Å². The Labute approximate surface area is 137 Å². The molecular weight excluding hydrogens is 288 g/mol. The highest BCUT2D eigenvalue weighted by Crippen LogP contribution is 2.22. The van der Waals surface area contributed by atoms with Gasteiger partial charge >= 0.3 is 0 Å². The lowest BCUT2D eigenvalue weighted by molar-refractivity contribution is 0.410. The van der Waals surface area contributed by atoms with Crippen LogP contribution in [0.4, 0.5) is 5.95 Å². The summed E-state index contributed by atoms with van der Waals surface area (Å²) in [4.78, 5) is 13.6. The predicted molar refractivity (Wildman–Crippen MR) is 92.2 cm³/mol. The fraction of sp³-hybridized carbons (Fsp3) is 0.588. The predicted octanol–water partition coefficient (Wildman–Crippen LogP) is 2.91. The summed E-state index contributed by atoms with van der Waals surface area (Å²) in [5.41, 5.74) is 7.72. The molecule has 0 aliphatic heterocycles. The highest BCUT2D eigenvalue weighted by atomic mass is 15.1. The highest BCUT2D eigenvalue weighted by molar-refractivity contribution is 5.55. The van der Waals surface area contributed by atoms with Crippen molar-refractivity contribution in [3.63, 3.8) is 0 Å². The molecule has 2 heterocycles. The monoisotopic (exact) mass is 314 g/mol. The third kappa shape index (κ3) is 3.69. The molecule has 1 aliphatic rings. The van der Waals surface area contributed by atoms with E-state index in [-0.39, 0.29) is 0 Å². The summed E-state index contributed by atoms with van der Waals surface area (Å²) >= 11 is 0. The highest BCUT2D eigenvalue weighted by Gasteiger charge is 2.19. The fourth-order valence-corrected chi connectivity index (χ4v) is 3.15. The Balaban J connectivity index is 1.76. The van der Waals surface area contributed by atoms with Crippen molar-refractivity contribution in [2.75, 3.05) is 5.32 Å². The minimum Gasteiger partial charge on any atom is -0.351 e. The molecule has 6 heteroatoms. The standard InChI is InChI=1S/C17H26N6/c1-11(2)23-10-16(20-12(23)3)15-8-9-19-17(22-15)21-14-6-4-13(18)5-7-14/h8-11,13-14H,4-7,18H2,1-3H3,(H,19,21,22). The van der Waals surface area contributed by atoms with Crippen molar-refractivity contribution in [3.8, 4) is 11.4 Å². The number of anilines is 1. The maximum Gasteiger partial charge on any atom is 0.223 e. The van der Waals surface area contributed by atoms with Crippen molar-refractivity contribution in [2.24, 2.45) is 5.73 Å². The van der Waals surface area contributed by atoms with Gasteiger partial charge in [0.2, 0.25) is 5.95 Å². The summed E-state index contributed by atoms with van der Waals surface area (Å²) in [6.07, 6.45) is 8.14. The molecule has 2 aromatic heterocycles. The zero-order valence-electron chi connectivity index (χ0n) is 14.2. The first kappa shape index (κ1) is 15.9. The van der Waals surface area contributed by atoms with Crippen molar-refractivity contribution in [1.29, 1.82) is 0 Å². The van der Waals surface area contributed by atoms with Gasteiger partial charge in [-0.2, -0.15) is 0 Å². The fourth-order valence-electron chi connectivity index (χ4n) is 3.15. The number of nitrogens with one attached hydrogen (secondary N) is 1. The molecule has 3 N–H and O–H groups in total. The van der Waals surface area contributed by atoms with Gasteiger partial charge < -0.3 is 15.6 Å². The maximum atomic E-state index is 5.96. The molecule has 23 heavy (non-hydrogen) atoms. The zero-order valence-corrected chi connectivity index (χ0v) is 14.2. The van der Waals surface area contributed by atoms with Gasteiger partial charge in [0.1, 0.15) is 11.5 Å². The van der Waals surface area contributed by atoms with Crippen molar-refractivity contribution in [3.05, 3.63) is 24.3 Å². The van der Waals surface area contributed by atoms with Crippen LogP contribution in [0.25, 0.3) is 11.4 Å². The topological polar surface area (TPSA) is 81.7 Å². The van der Waals surface area contributed by atoms with Crippen LogP contribution in [0, 0.1) is 6.92 Å². The quantitative estimate of drug-likeness (QED) is 0.907. The van der Waals surface area contributed by atoms with E-state index in [1.807, 2.05) is 13.0 Å². The van der Waals surface area contributed by atoms with Crippen LogP contribution >= 0.6 is 0 Å². The normalized spacial score (nSPS) is 21.6. The number of aryl methyl sites for hydroxylation is 1. The molecule has 124 valence electrons. The number of nitrogens with two attached hydrogens (primary N) is 1. The zero-order chi connectivity index (χ0) is 16.4. The van der Waals surface area contributed by atoms with E-state index in [1.54, 1.807) is 6.20 Å². The second-order valence-electron chi connectivity index (χ2n) is 6.70. The molecular formula is C17H26N6. The number of nitrogens with zero attached hydrogens (tertiary/aromatic N) is 4. The van der Waals surface area contributed by atoms with Crippen LogP contribution in [0.1, 0.15) is 51.4 Å². The second-order valence-corrected chi connectivity index (χ2v) is 6.70. The molecule has 6 nitrogen and oxygen atoms in total. The van der Waals surface area contributed by atoms with Crippen molar-refractivity contribution in [1.82, 2.24) is 19.5 Å². The number of imidazole rings is 1. The molecule has 0 atom stereocenters. The Morgan fingerprint density at radius 2 is 1.91 bits per heavy atom. The van der Waals surface area contributed by atoms with Crippen LogP contribution in [-0.4, -0.2) is 31.6 Å². The summed E-state index contributed by atoms with van der Waals surface area (Å²) in [5.74, 6) is 1.68. The molecule has 3 rings (SSSR count). The Hall–Kier alpha value is -1.95. The van der Waals surface area contributed by atoms with Gasteiger partial charge in [0, 0.05) is 30.5 Å². The lowest BCUT2D eigenvalue weighted by Crippen LogP contribution is -2.33. The van der Waals surface area contributed by atoms with Gasteiger partial charge in [-0.3, -0.25) is 0 Å². The summed E-state index contributed by atoms with van der Waals surface area (Å²) in [7, 11) is 0. The molecule has 2 aromatic rings. The van der Waals surface area contributed by atoms with Crippen molar-refractivity contribution >= 4 is 5.95 Å². The van der Waals surface area contributed by atoms with Crippen LogP contribution in [0.3, 0.4) is 0 Å². The van der Waals surface area contributed by atoms with Gasteiger partial charge in [0.05, 0.1) is 5.69 Å². The third-order valence-electron chi connectivity index (χ3n) is 4.50. The van der Waals surface area contributed by atoms with Gasteiger partial charge in [-0.05, 0) is 52.5 Å². The summed E-state index contributed by atoms with van der Waals surface area (Å²) in [6, 6.07) is 3.07. The van der Waals surface area contributed by atoms with Crippen molar-refractivity contribution < 1.29 is 0 Å². The molecule has 0 aromatic carbocycles. The molecule has 0 radical (unpaired) electrons. The van der Waals surface area contributed by atoms with E-state index in [0.29, 0.717) is 24.1 Å². The first-order chi connectivity index (χ1) is 11.0. The van der Waals surface area contributed by atoms with E-state index >= 15 is 0 Å². The molecule has 1 saturated carbocycles. The molecule has 1 aliphatic carbocycles. The minimum atomic E-state index is 0.350. The van der Waals surface area contributed by atoms with E-state index < -0.39 is 0 Å². The van der Waals surface area contributed by atoms with Crippen LogP contribution in [-0.2, 0) is 0 Å². The SMILES string of the molecule is Cc1nc(-c2ccnc(NC3CCC(N)CC3)n2)cn1C(C)C. The number of hydrogen-bond acceptors (Lipinski definition) is 5. The summed E-state index contributed by atoms with van der Waals surface area (Å²) in [5, 5.41) is 3.44. The molecule has 0 spiro atoms. The Morgan fingerprint density at radius 3 is 2.57 bits per heavy atom. The van der Waals surface area contributed by atoms with Gasteiger partial charge in [-0.25, -0.2) is 15.0 Å². The van der Waals surface area contributed by atoms with E-state index in [1.165, 1.54) is 0 Å². The van der Waals surface area contributed by atoms with E-state index in [0.717, 1.165) is 42.9 Å². The largest absolute Gasteiger partial charge is 0.351 e. The first-order valence-electron chi connectivity index (χ1n) is 8.44. The second kappa shape index (κ2) is 6.66. The molecule has 0 amide bonds. The van der Waals surface area contributed by atoms with Crippen LogP contribution in [0.2, 0.25) is 0 Å². The maximum absolute atomic E-state index is 5.96. The number of aromatic nitrogens is 4. The lowest BCUT2D eigenvalue weighted by atomic mass is 9.92. The van der Waals surface area contributed by atoms with Crippen LogP contribution < -0.4 is 11.1 Å². The van der Waals surface area contributed by atoms with E-state index in [2.05, 4.69) is 44.9 Å². The third-order valence-corrected chi connectivity index (χ3v) is 4.50. The Kier molecular flexibility index (Phi) is 4.61. The average molecular weight is 314 g/mol. The van der Waals surface area contributed by atoms with Gasteiger partial charge in [0.15, 0.2) is 0 Å². The van der Waals surface area contributed by atoms with Crippen LogP contribution in [0.5, 0.6) is 0 Å². The molecule has 0 saturated heterocycles. The Morgan fingerprint density at radius 1 is 1.17 bits per heavy atom. The summed E-state index contributed by atoms with van der Waals surface area (Å²) < 4.78 is 2.16. The van der Waals surface area contributed by atoms with Crippen LogP contribution in [0.15, 0.2) is 18.5 Å². The van der Waals surface area contributed by atoms with Gasteiger partial charge in [0.25, 0.3) is 0 Å². The Bertz CT molecular complexity index is 655. The average Bonchev–Trinajstić information content (AvgIpc) is 2.92. The van der Waals surface area contributed by atoms with Gasteiger partial charge in [-0.15, -0.1) is 0 Å². The first-order valence-corrected chi connectivity index (χ1v) is 8.44. The minimum absolute atomic E-state index is 0.350. The summed E-state index contributed by atoms with van der Waals surface area (Å²) in [6.45, 7) is 6.33. The molecule has 0 bridgehead atoms. The van der Waals surface area contributed by atoms with E-state index in [4.69, 9.17) is 5.73 Å². The molecule has 1 fully saturated rings. The number of hydrogen-bond donors (Lipinski definition) is 2. The van der Waals surface area contributed by atoms with Crippen molar-refractivity contribution in [2.45, 2.75) is 64.6 Å². The number of rotatable bonds is 4.